The van der Waals surface area contributed by atoms with Crippen molar-refractivity contribution in [2.75, 3.05) is 53.1 Å². The molecule has 5 aromatic carbocycles. The molecule has 2 atom stereocenters. The van der Waals surface area contributed by atoms with Gasteiger partial charge in [-0.1, -0.05) is 23.2 Å². The lowest BCUT2D eigenvalue weighted by atomic mass is 10.1. The third-order valence-electron chi connectivity index (χ3n) is 9.91. The first-order chi connectivity index (χ1) is 33.0. The molecule has 69 heavy (non-hydrogen) atoms. The summed E-state index contributed by atoms with van der Waals surface area (Å²) < 4.78 is 10.7. The van der Waals surface area contributed by atoms with Crippen LogP contribution in [0, 0.1) is 0 Å². The number of nitrogens with zero attached hydrogens (tertiary/aromatic N) is 4. The van der Waals surface area contributed by atoms with Gasteiger partial charge in [-0.05, 0) is 129 Å². The number of alkyl halides is 3. The van der Waals surface area contributed by atoms with Crippen LogP contribution < -0.4 is 30.7 Å². The third kappa shape index (κ3) is 15.3. The van der Waals surface area contributed by atoms with Crippen LogP contribution in [0.15, 0.2) is 111 Å². The largest absolute Gasteiger partial charge is 0.497 e. The molecule has 0 aromatic heterocycles. The van der Waals surface area contributed by atoms with Gasteiger partial charge < -0.3 is 30.7 Å². The average molecular weight is 1040 g/mol. The molecule has 0 spiro atoms. The highest BCUT2D eigenvalue weighted by atomic mass is 35.5. The second kappa shape index (κ2) is 25.8. The molecule has 0 saturated heterocycles. The number of rotatable bonds is 22. The minimum Gasteiger partial charge on any atom is -0.497 e. The normalized spacial score (nSPS) is 12.0. The molecule has 16 nitrogen and oxygen atoms in total. The number of carbonyl (C=O) groups is 6. The molecule has 0 aliphatic heterocycles. The van der Waals surface area contributed by atoms with Gasteiger partial charge in [-0.3, -0.25) is 28.8 Å². The van der Waals surface area contributed by atoms with E-state index in [-0.39, 0.29) is 56.2 Å². The van der Waals surface area contributed by atoms with Crippen molar-refractivity contribution in [1.29, 1.82) is 0 Å². The summed E-state index contributed by atoms with van der Waals surface area (Å²) >= 11 is 30.7. The van der Waals surface area contributed by atoms with Crippen LogP contribution in [0.25, 0.3) is 0 Å². The highest BCUT2D eigenvalue weighted by molar-refractivity contribution is 6.35. The van der Waals surface area contributed by atoms with Crippen molar-refractivity contribution in [2.45, 2.75) is 45.2 Å². The number of aryl methyl sites for hydroxylation is 3. The summed E-state index contributed by atoms with van der Waals surface area (Å²) in [5.41, 5.74) is 3.89. The van der Waals surface area contributed by atoms with E-state index in [4.69, 9.17) is 67.5 Å². The highest BCUT2D eigenvalue weighted by Gasteiger charge is 2.26. The quantitative estimate of drug-likeness (QED) is 0.0296. The standard InChI is InChI=1S/C48H45Cl5N8O8/c1-26(62)43(60-58-32-5-8-40(52)38(24-32)45(64)55-34-17-28(11-14-49)19-36(22-34)68-3)47(66)54-31-7-10-42(30(21-31)13-16-51)57-48(67)44(27(2)63)61-59-33-6-9-41(53)39(25-33)46(65)56-35-18-29(12-15-50)20-37(23-35)69-4/h5-10,17-25,43-44H,11-16H2,1-4H3,(H,54,66)(H,55,64)(H,56,65)(H,57,67). The zero-order chi connectivity index (χ0) is 50.2. The molecule has 4 amide bonds. The van der Waals surface area contributed by atoms with Crippen LogP contribution >= 0.6 is 58.0 Å². The molecule has 21 heteroatoms. The number of halogens is 5. The molecule has 0 radical (unpaired) electrons. The fourth-order valence-corrected chi connectivity index (χ4v) is 7.55. The Morgan fingerprint density at radius 1 is 0.522 bits per heavy atom. The van der Waals surface area contributed by atoms with Crippen LogP contribution in [-0.2, 0) is 38.4 Å². The monoisotopic (exact) mass is 1040 g/mol. The van der Waals surface area contributed by atoms with Crippen molar-refractivity contribution in [3.8, 4) is 11.5 Å². The summed E-state index contributed by atoms with van der Waals surface area (Å²) in [5, 5.41) is 27.3. The van der Waals surface area contributed by atoms with E-state index in [1.54, 1.807) is 36.4 Å². The number of benzene rings is 5. The van der Waals surface area contributed by atoms with Crippen LogP contribution in [0.5, 0.6) is 11.5 Å². The van der Waals surface area contributed by atoms with E-state index in [1.165, 1.54) is 82.7 Å². The first-order valence-electron chi connectivity index (χ1n) is 20.9. The zero-order valence-electron chi connectivity index (χ0n) is 37.5. The average Bonchev–Trinajstić information content (AvgIpc) is 3.30. The van der Waals surface area contributed by atoms with Crippen molar-refractivity contribution in [1.82, 2.24) is 0 Å². The van der Waals surface area contributed by atoms with Gasteiger partial charge in [0, 0.05) is 52.5 Å². The van der Waals surface area contributed by atoms with Crippen LogP contribution in [0.2, 0.25) is 10.0 Å². The summed E-state index contributed by atoms with van der Waals surface area (Å²) in [7, 11) is 3.01. The Bertz CT molecular complexity index is 2810. The maximum atomic E-state index is 13.5. The molecule has 0 aliphatic carbocycles. The van der Waals surface area contributed by atoms with Gasteiger partial charge in [0.25, 0.3) is 23.6 Å². The van der Waals surface area contributed by atoms with E-state index in [0.29, 0.717) is 53.0 Å². The lowest BCUT2D eigenvalue weighted by Gasteiger charge is -2.15. The molecule has 0 fully saturated rings. The van der Waals surface area contributed by atoms with E-state index < -0.39 is 47.3 Å². The number of azo groups is 2. The molecule has 0 bridgehead atoms. The molecular formula is C48H45Cl5N8O8. The summed E-state index contributed by atoms with van der Waals surface area (Å²) in [6, 6.07) is 20.2. The number of hydrogen-bond donors (Lipinski definition) is 4. The Balaban J connectivity index is 1.27. The zero-order valence-corrected chi connectivity index (χ0v) is 41.3. The van der Waals surface area contributed by atoms with Gasteiger partial charge in [-0.15, -0.1) is 34.8 Å². The summed E-state index contributed by atoms with van der Waals surface area (Å²) in [6.07, 6.45) is 1.30. The minimum absolute atomic E-state index is 0.0508. The maximum absolute atomic E-state index is 13.5. The number of Topliss-reactive ketones (excluding diaryl/α,β-unsaturated/α-hetero) is 2. The van der Waals surface area contributed by atoms with Crippen molar-refractivity contribution in [3.05, 3.63) is 129 Å². The smallest absolute Gasteiger partial charge is 0.258 e. The van der Waals surface area contributed by atoms with Gasteiger partial charge in [-0.25, -0.2) is 0 Å². The molecule has 360 valence electrons. The Morgan fingerprint density at radius 2 is 0.971 bits per heavy atom. The first-order valence-corrected chi connectivity index (χ1v) is 23.2. The number of ether oxygens (including phenoxy) is 2. The van der Waals surface area contributed by atoms with Crippen molar-refractivity contribution in [3.63, 3.8) is 0 Å². The summed E-state index contributed by atoms with van der Waals surface area (Å²) in [6.45, 7) is 2.34. The van der Waals surface area contributed by atoms with Crippen LogP contribution in [-0.4, -0.2) is 79.1 Å². The molecule has 2 unspecified atom stereocenters. The summed E-state index contributed by atoms with van der Waals surface area (Å²) in [4.78, 5) is 79.0. The topological polar surface area (TPSA) is 218 Å². The van der Waals surface area contributed by atoms with Crippen LogP contribution in [0.3, 0.4) is 0 Å². The second-order valence-corrected chi connectivity index (χ2v) is 16.9. The number of nitrogens with one attached hydrogen (secondary N) is 4. The Morgan fingerprint density at radius 3 is 1.39 bits per heavy atom. The van der Waals surface area contributed by atoms with Crippen molar-refractivity contribution in [2.24, 2.45) is 20.5 Å². The van der Waals surface area contributed by atoms with E-state index in [9.17, 15) is 28.8 Å². The minimum atomic E-state index is -1.60. The van der Waals surface area contributed by atoms with E-state index in [0.717, 1.165) is 11.1 Å². The lowest BCUT2D eigenvalue weighted by molar-refractivity contribution is -0.127. The summed E-state index contributed by atoms with van der Waals surface area (Å²) in [5.74, 6) is -2.16. The van der Waals surface area contributed by atoms with E-state index >= 15 is 0 Å². The van der Waals surface area contributed by atoms with Crippen LogP contribution in [0.1, 0.15) is 51.3 Å². The van der Waals surface area contributed by atoms with Gasteiger partial charge >= 0.3 is 0 Å². The number of methoxy groups -OCH3 is 2. The van der Waals surface area contributed by atoms with Gasteiger partial charge in [0.05, 0.1) is 46.8 Å². The van der Waals surface area contributed by atoms with Gasteiger partial charge in [0.2, 0.25) is 12.1 Å². The lowest BCUT2D eigenvalue weighted by Crippen LogP contribution is -2.32. The van der Waals surface area contributed by atoms with E-state index in [1.807, 2.05) is 0 Å². The number of ketones is 2. The molecular weight excluding hydrogens is 994 g/mol. The first kappa shape index (κ1) is 53.5. The Labute approximate surface area is 422 Å². The predicted octanol–water partition coefficient (Wildman–Crippen LogP) is 11.2. The van der Waals surface area contributed by atoms with Gasteiger partial charge in [-0.2, -0.15) is 20.5 Å². The fourth-order valence-electron chi connectivity index (χ4n) is 6.50. The fraction of sp³-hybridized carbons (Fsp3) is 0.250. The van der Waals surface area contributed by atoms with Crippen LogP contribution in [0.4, 0.5) is 34.1 Å². The second-order valence-electron chi connectivity index (χ2n) is 15.0. The van der Waals surface area contributed by atoms with Crippen molar-refractivity contribution < 1.29 is 38.2 Å². The molecule has 5 rings (SSSR count). The van der Waals surface area contributed by atoms with Gasteiger partial charge in [0.15, 0.2) is 11.6 Å². The molecule has 4 N–H and O–H groups in total. The van der Waals surface area contributed by atoms with Crippen molar-refractivity contribution >= 4 is 127 Å². The van der Waals surface area contributed by atoms with Gasteiger partial charge in [0.1, 0.15) is 11.5 Å². The molecule has 5 aromatic rings. The molecule has 0 saturated carbocycles. The Kier molecular flexibility index (Phi) is 20.0. The Hall–Kier alpha value is -6.43. The highest BCUT2D eigenvalue weighted by Crippen LogP contribution is 2.29. The number of amides is 4. The molecule has 0 aliphatic rings. The number of carbonyl (C=O) groups excluding carboxylic acids is 6. The number of hydrogen-bond acceptors (Lipinski definition) is 12. The SMILES string of the molecule is COc1cc(CCCl)cc(NC(=O)c2cc(N=NC(C(C)=O)C(=O)Nc3ccc(NC(=O)C(N=Nc4ccc(Cl)c(C(=O)Nc5cc(CCCl)cc(OC)c5)c4)C(C)=O)c(CCCl)c3)ccc2Cl)c1. The van der Waals surface area contributed by atoms with E-state index in [2.05, 4.69) is 41.7 Å². The molecule has 0 heterocycles. The number of anilines is 4. The maximum Gasteiger partial charge on any atom is 0.258 e. The predicted molar refractivity (Wildman–Crippen MR) is 270 cm³/mol. The third-order valence-corrected chi connectivity index (χ3v) is 11.1.